The number of aliphatic imine (C=N–C) groups is 1. The number of amidine groups is 1. The molecule has 2 N–H and O–H groups in total. The van der Waals surface area contributed by atoms with Crippen LogP contribution >= 0.6 is 28.7 Å². The number of ether oxygens (including phenoxy) is 2. The minimum atomic E-state index is 0. The van der Waals surface area contributed by atoms with Gasteiger partial charge in [0.15, 0.2) is 5.17 Å². The third kappa shape index (κ3) is 5.56. The molecule has 0 saturated heterocycles. The van der Waals surface area contributed by atoms with Gasteiger partial charge in [0.2, 0.25) is 0 Å². The summed E-state index contributed by atoms with van der Waals surface area (Å²) in [6.45, 7) is 1.32. The maximum absolute atomic E-state index is 5.65. The van der Waals surface area contributed by atoms with Crippen LogP contribution in [0.2, 0.25) is 0 Å². The molecule has 0 saturated carbocycles. The van der Waals surface area contributed by atoms with Crippen LogP contribution in [0.1, 0.15) is 12.0 Å². The quantitative estimate of drug-likeness (QED) is 0.793. The van der Waals surface area contributed by atoms with E-state index < -0.39 is 0 Å². The number of nitrogens with two attached hydrogens (primary N) is 1. The highest BCUT2D eigenvalue weighted by atomic mass is 79.9. The fourth-order valence-corrected chi connectivity index (χ4v) is 2.33. The van der Waals surface area contributed by atoms with Crippen LogP contribution in [0.15, 0.2) is 41.0 Å². The number of hydrogen-bond donors (Lipinski definition) is 1. The molecule has 0 atom stereocenters. The zero-order valence-corrected chi connectivity index (χ0v) is 13.9. The summed E-state index contributed by atoms with van der Waals surface area (Å²) in [5.41, 5.74) is 8.00. The van der Waals surface area contributed by atoms with Crippen molar-refractivity contribution in [1.29, 1.82) is 0 Å². The summed E-state index contributed by atoms with van der Waals surface area (Å²) in [4.78, 5) is 4.09. The van der Waals surface area contributed by atoms with Gasteiger partial charge in [0, 0.05) is 12.0 Å². The van der Waals surface area contributed by atoms with E-state index in [2.05, 4.69) is 4.99 Å². The molecule has 1 heterocycles. The van der Waals surface area contributed by atoms with Crippen molar-refractivity contribution < 1.29 is 9.47 Å². The molecule has 6 heteroatoms. The molecule has 20 heavy (non-hydrogen) atoms. The molecule has 0 unspecified atom stereocenters. The molecule has 0 fully saturated rings. The smallest absolute Gasteiger partial charge is 0.158 e. The Bertz CT molecular complexity index is 475. The number of thioether (sulfide) groups is 1. The van der Waals surface area contributed by atoms with E-state index in [0.29, 0.717) is 18.4 Å². The highest BCUT2D eigenvalue weighted by molar-refractivity contribution is 8.93. The zero-order valence-electron chi connectivity index (χ0n) is 11.4. The lowest BCUT2D eigenvalue weighted by Gasteiger charge is -2.11. The van der Waals surface area contributed by atoms with Crippen molar-refractivity contribution in [1.82, 2.24) is 0 Å². The average molecular weight is 359 g/mol. The fourth-order valence-electron chi connectivity index (χ4n) is 1.65. The Morgan fingerprint density at radius 2 is 2.05 bits per heavy atom. The van der Waals surface area contributed by atoms with Gasteiger partial charge in [0.25, 0.3) is 0 Å². The van der Waals surface area contributed by atoms with Crippen molar-refractivity contribution in [3.63, 3.8) is 0 Å². The molecule has 1 aliphatic rings. The van der Waals surface area contributed by atoms with Crippen molar-refractivity contribution in [2.45, 2.75) is 13.0 Å². The second-order valence-corrected chi connectivity index (χ2v) is 5.19. The molecule has 1 aromatic rings. The number of methoxy groups -OCH3 is 1. The molecule has 110 valence electrons. The number of hydrogen-bond acceptors (Lipinski definition) is 5. The summed E-state index contributed by atoms with van der Waals surface area (Å²) < 4.78 is 10.8. The maximum Gasteiger partial charge on any atom is 0.158 e. The van der Waals surface area contributed by atoms with Crippen LogP contribution in [0, 0.1) is 0 Å². The lowest BCUT2D eigenvalue weighted by molar-refractivity contribution is 0.124. The van der Waals surface area contributed by atoms with E-state index in [4.69, 9.17) is 15.2 Å². The highest BCUT2D eigenvalue weighted by Crippen LogP contribution is 2.17. The van der Waals surface area contributed by atoms with Crippen LogP contribution in [0.4, 0.5) is 0 Å². The third-order valence-corrected chi connectivity index (χ3v) is 3.69. The molecule has 4 nitrogen and oxygen atoms in total. The first kappa shape index (κ1) is 17.1. The monoisotopic (exact) mass is 358 g/mol. The minimum absolute atomic E-state index is 0. The fraction of sp³-hybridized carbons (Fsp3) is 0.357. The summed E-state index contributed by atoms with van der Waals surface area (Å²) in [6, 6.07) is 7.91. The second kappa shape index (κ2) is 9.05. The Hall–Kier alpha value is -0.980. The van der Waals surface area contributed by atoms with Crippen LogP contribution in [0.25, 0.3) is 0 Å². The van der Waals surface area contributed by atoms with Gasteiger partial charge in [-0.1, -0.05) is 23.9 Å². The molecule has 1 aromatic carbocycles. The Balaban J connectivity index is 0.00000200. The van der Waals surface area contributed by atoms with E-state index in [-0.39, 0.29) is 17.0 Å². The summed E-state index contributed by atoms with van der Waals surface area (Å²) in [5, 5.41) is 0.642. The molecule has 0 bridgehead atoms. The van der Waals surface area contributed by atoms with E-state index in [1.807, 2.05) is 30.5 Å². The number of nitrogens with zero attached hydrogens (tertiary/aromatic N) is 1. The van der Waals surface area contributed by atoms with Gasteiger partial charge in [-0.25, -0.2) is 4.99 Å². The largest absolute Gasteiger partial charge is 0.497 e. The highest BCUT2D eigenvalue weighted by Gasteiger charge is 2.05. The van der Waals surface area contributed by atoms with Crippen molar-refractivity contribution in [2.75, 3.05) is 19.5 Å². The summed E-state index contributed by atoms with van der Waals surface area (Å²) >= 11 is 1.57. The van der Waals surface area contributed by atoms with E-state index in [0.717, 1.165) is 23.5 Å². The van der Waals surface area contributed by atoms with E-state index in [1.165, 1.54) is 5.57 Å². The second-order valence-electron chi connectivity index (χ2n) is 4.19. The predicted molar refractivity (Wildman–Crippen MR) is 89.8 cm³/mol. The first-order valence-corrected chi connectivity index (χ1v) is 7.11. The van der Waals surface area contributed by atoms with Crippen LogP contribution in [0.3, 0.4) is 0 Å². The van der Waals surface area contributed by atoms with Crippen LogP contribution in [-0.4, -0.2) is 24.6 Å². The maximum atomic E-state index is 5.65. The molecule has 0 spiro atoms. The number of rotatable bonds is 6. The normalized spacial score (nSPS) is 14.1. The molecule has 0 radical (unpaired) electrons. The van der Waals surface area contributed by atoms with Gasteiger partial charge in [-0.15, -0.1) is 17.0 Å². The first-order valence-electron chi connectivity index (χ1n) is 6.12. The van der Waals surface area contributed by atoms with Gasteiger partial charge in [0.05, 0.1) is 20.3 Å². The Kier molecular flexibility index (Phi) is 7.72. The molecule has 1 aliphatic heterocycles. The van der Waals surface area contributed by atoms with E-state index in [9.17, 15) is 0 Å². The molecule has 0 amide bonds. The Labute approximate surface area is 134 Å². The summed E-state index contributed by atoms with van der Waals surface area (Å²) in [6.07, 6.45) is 2.75. The van der Waals surface area contributed by atoms with Gasteiger partial charge >= 0.3 is 0 Å². The predicted octanol–water partition coefficient (Wildman–Crippen LogP) is 3.13. The summed E-state index contributed by atoms with van der Waals surface area (Å²) in [7, 11) is 1.66. The average Bonchev–Trinajstić information content (AvgIpc) is 2.46. The lowest BCUT2D eigenvalue weighted by atomic mass is 10.2. The van der Waals surface area contributed by atoms with Crippen molar-refractivity contribution in [3.8, 4) is 5.75 Å². The topological polar surface area (TPSA) is 56.8 Å². The van der Waals surface area contributed by atoms with Gasteiger partial charge in [-0.05, 0) is 29.7 Å². The molecule has 0 aromatic heterocycles. The van der Waals surface area contributed by atoms with Crippen molar-refractivity contribution in [3.05, 3.63) is 41.6 Å². The Morgan fingerprint density at radius 1 is 1.30 bits per heavy atom. The molecular formula is C14H19BrN2O2S. The molecular weight excluding hydrogens is 340 g/mol. The molecule has 0 aliphatic carbocycles. The minimum Gasteiger partial charge on any atom is -0.497 e. The van der Waals surface area contributed by atoms with E-state index >= 15 is 0 Å². The zero-order chi connectivity index (χ0) is 13.5. The van der Waals surface area contributed by atoms with E-state index in [1.54, 1.807) is 18.9 Å². The van der Waals surface area contributed by atoms with Crippen molar-refractivity contribution in [2.24, 2.45) is 10.7 Å². The van der Waals surface area contributed by atoms with Gasteiger partial charge in [0.1, 0.15) is 5.75 Å². The van der Waals surface area contributed by atoms with Crippen molar-refractivity contribution >= 4 is 33.9 Å². The third-order valence-electron chi connectivity index (χ3n) is 2.78. The standard InChI is InChI=1S/C14H18N2O2S.BrH/c1-17-13-4-2-11(3-5-13)9-18-7-6-12-8-16-14(15)19-10-12;/h2-5,8H,6-7,9-10H2,1H3,(H2,15,16);1H. The van der Waals surface area contributed by atoms with Gasteiger partial charge in [-0.3, -0.25) is 0 Å². The number of benzene rings is 1. The summed E-state index contributed by atoms with van der Waals surface area (Å²) in [5.74, 6) is 1.78. The Morgan fingerprint density at radius 3 is 2.65 bits per heavy atom. The van der Waals surface area contributed by atoms with Crippen LogP contribution in [-0.2, 0) is 11.3 Å². The van der Waals surface area contributed by atoms with Gasteiger partial charge in [-0.2, -0.15) is 0 Å². The van der Waals surface area contributed by atoms with Crippen LogP contribution in [0.5, 0.6) is 5.75 Å². The lowest BCUT2D eigenvalue weighted by Crippen LogP contribution is -2.11. The molecule has 2 rings (SSSR count). The first-order chi connectivity index (χ1) is 9.28. The SMILES string of the molecule is Br.COc1ccc(COCCC2=CN=C(N)SC2)cc1. The van der Waals surface area contributed by atoms with Crippen LogP contribution < -0.4 is 10.5 Å². The van der Waals surface area contributed by atoms with Gasteiger partial charge < -0.3 is 15.2 Å². The number of halogens is 1.